The molecule has 2 fully saturated rings. The largest absolute Gasteiger partial charge is 0.438 e. The maximum Gasteiger partial charge on any atom is 0.438 e. The lowest BCUT2D eigenvalue weighted by Crippen LogP contribution is -2.47. The highest BCUT2D eigenvalue weighted by atomic mass is 16.5. The fourth-order valence-corrected chi connectivity index (χ4v) is 4.40. The second kappa shape index (κ2) is 21.9. The lowest BCUT2D eigenvalue weighted by atomic mass is 10.1. The van der Waals surface area contributed by atoms with Gasteiger partial charge in [0, 0.05) is 56.0 Å². The Balaban J connectivity index is 0.000000302. The molecule has 15 nitrogen and oxygen atoms in total. The molecule has 2 aliphatic heterocycles. The molecule has 5 heterocycles. The second-order valence-corrected chi connectivity index (χ2v) is 14.4. The Bertz CT molecular complexity index is 1250. The van der Waals surface area contributed by atoms with E-state index in [9.17, 15) is 9.90 Å². The van der Waals surface area contributed by atoms with Gasteiger partial charge in [-0.3, -0.25) is 14.4 Å². The third-order valence-electron chi connectivity index (χ3n) is 7.75. The Morgan fingerprint density at radius 2 is 1.27 bits per heavy atom. The molecule has 0 saturated carbocycles. The van der Waals surface area contributed by atoms with E-state index < -0.39 is 11.4 Å². The van der Waals surface area contributed by atoms with Gasteiger partial charge in [-0.25, -0.2) is 4.79 Å². The van der Waals surface area contributed by atoms with Crippen LogP contribution in [0.5, 0.6) is 0 Å². The van der Waals surface area contributed by atoms with E-state index in [1.807, 2.05) is 41.5 Å². The molecule has 0 aromatic carbocycles. The molecular formula is C33H65N11O4. The molecule has 3 N–H and O–H groups in total. The van der Waals surface area contributed by atoms with Crippen molar-refractivity contribution in [3.8, 4) is 0 Å². The number of aromatic nitrogens is 8. The first-order chi connectivity index (χ1) is 22.4. The third-order valence-corrected chi connectivity index (χ3v) is 7.75. The van der Waals surface area contributed by atoms with Crippen LogP contribution in [0, 0.1) is 0 Å². The number of hydrogen-bond acceptors (Lipinski definition) is 13. The van der Waals surface area contributed by atoms with Gasteiger partial charge in [0.2, 0.25) is 0 Å². The zero-order chi connectivity index (χ0) is 36.4. The van der Waals surface area contributed by atoms with Crippen molar-refractivity contribution in [2.24, 2.45) is 0 Å². The van der Waals surface area contributed by atoms with Gasteiger partial charge in [0.1, 0.15) is 5.60 Å². The van der Waals surface area contributed by atoms with E-state index in [-0.39, 0.29) is 17.7 Å². The van der Waals surface area contributed by atoms with E-state index in [1.54, 1.807) is 13.8 Å². The number of aliphatic hydroxyl groups is 1. The van der Waals surface area contributed by atoms with Gasteiger partial charge in [-0.1, -0.05) is 63.5 Å². The van der Waals surface area contributed by atoms with Crippen molar-refractivity contribution in [1.29, 1.82) is 0 Å². The molecule has 0 amide bonds. The molecule has 0 atom stereocenters. The number of likely N-dealkylation sites (tertiary alicyclic amines) is 1. The number of piperazine rings is 1. The topological polar surface area (TPSA) is 182 Å². The van der Waals surface area contributed by atoms with Crippen LogP contribution in [0.1, 0.15) is 143 Å². The average Bonchev–Trinajstić information content (AvgIpc) is 3.82. The number of nitrogens with zero attached hydrogens (tertiary/aromatic N) is 9. The van der Waals surface area contributed by atoms with E-state index in [0.717, 1.165) is 17.9 Å². The van der Waals surface area contributed by atoms with Gasteiger partial charge in [-0.05, 0) is 74.5 Å². The van der Waals surface area contributed by atoms with Gasteiger partial charge >= 0.3 is 5.76 Å². The van der Waals surface area contributed by atoms with Crippen LogP contribution in [0.25, 0.3) is 0 Å². The summed E-state index contributed by atoms with van der Waals surface area (Å²) in [4.78, 5) is 24.3. The van der Waals surface area contributed by atoms with E-state index in [2.05, 4.69) is 94.9 Å². The smallest absolute Gasteiger partial charge is 0.381 e. The van der Waals surface area contributed by atoms with Gasteiger partial charge in [0.05, 0.1) is 0 Å². The van der Waals surface area contributed by atoms with Crippen LogP contribution in [-0.4, -0.2) is 119 Å². The molecule has 2 aliphatic rings. The van der Waals surface area contributed by atoms with Crippen LogP contribution in [-0.2, 0) is 5.60 Å². The van der Waals surface area contributed by atoms with Crippen LogP contribution in [0.2, 0.25) is 0 Å². The van der Waals surface area contributed by atoms with Crippen LogP contribution in [0.15, 0.2) is 13.8 Å². The Morgan fingerprint density at radius 3 is 1.56 bits per heavy atom. The average molecular weight is 680 g/mol. The molecule has 48 heavy (non-hydrogen) atoms. The molecule has 15 heteroatoms. The van der Waals surface area contributed by atoms with Crippen molar-refractivity contribution in [2.75, 3.05) is 46.3 Å². The molecule has 3 aromatic rings. The number of hydrogen-bond donors (Lipinski definition) is 3. The fourth-order valence-electron chi connectivity index (χ4n) is 4.40. The van der Waals surface area contributed by atoms with Gasteiger partial charge in [-0.2, -0.15) is 10.2 Å². The van der Waals surface area contributed by atoms with E-state index in [4.69, 9.17) is 4.52 Å². The molecule has 276 valence electrons. The molecule has 3 aromatic heterocycles. The summed E-state index contributed by atoms with van der Waals surface area (Å²) >= 11 is 0. The first-order valence-electron chi connectivity index (χ1n) is 17.4. The fraction of sp³-hybridized carbons (Fsp3) is 0.848. The first kappa shape index (κ1) is 43.0. The van der Waals surface area contributed by atoms with E-state index in [1.165, 1.54) is 58.5 Å². The Kier molecular flexibility index (Phi) is 19.6. The van der Waals surface area contributed by atoms with Crippen molar-refractivity contribution in [3.63, 3.8) is 0 Å². The highest BCUT2D eigenvalue weighted by molar-refractivity contribution is 4.97. The summed E-state index contributed by atoms with van der Waals surface area (Å²) in [5.41, 5.74) is -1.04. The zero-order valence-corrected chi connectivity index (χ0v) is 31.9. The number of tetrazole rings is 1. The summed E-state index contributed by atoms with van der Waals surface area (Å²) < 4.78 is 9.14. The molecule has 5 rings (SSSR count). The summed E-state index contributed by atoms with van der Waals surface area (Å²) in [6, 6.07) is 1.50. The number of piperidine rings is 1. The minimum Gasteiger partial charge on any atom is -0.381 e. The van der Waals surface area contributed by atoms with Gasteiger partial charge in [0.15, 0.2) is 17.5 Å². The summed E-state index contributed by atoms with van der Waals surface area (Å²) in [5, 5.41) is 30.0. The molecule has 0 spiro atoms. The summed E-state index contributed by atoms with van der Waals surface area (Å²) in [6.07, 6.45) is 4.28. The predicted octanol–water partition coefficient (Wildman–Crippen LogP) is 4.75. The number of likely N-dealkylation sites (N-methyl/N-ethyl adjacent to an activating group) is 1. The molecule has 2 saturated heterocycles. The van der Waals surface area contributed by atoms with E-state index >= 15 is 0 Å². The quantitative estimate of drug-likeness (QED) is 0.325. The zero-order valence-electron chi connectivity index (χ0n) is 31.9. The standard InChI is InChI=1S/C8H14N2O2.C8H18N2.C8H17N.C5H8N2O2.C4H8N4/c1-5(2)6-9-7(12-10-6)8(3,4)11;1-8(2)10-6-4-9(3)5-7-10;1-8(2)9-6-4-3-5-7-9;1-3(2)4-6-5(8)9-7-4;1-3(2)4-5-7-8-6-4/h5,11H,1-4H3;8H,4-7H2,1-3H3;8H,3-7H2,1-2H3;3H,1-2H3,(H,6,7,8);3H,1-2H3,(H,5,6,7,8). The number of nitrogens with one attached hydrogen (secondary N) is 2. The molecule has 0 radical (unpaired) electrons. The van der Waals surface area contributed by atoms with Crippen molar-refractivity contribution in [3.05, 3.63) is 33.9 Å². The minimum atomic E-state index is -1.04. The van der Waals surface area contributed by atoms with Crippen LogP contribution in [0.3, 0.4) is 0 Å². The van der Waals surface area contributed by atoms with Crippen LogP contribution < -0.4 is 5.76 Å². The number of H-pyrrole nitrogens is 2. The highest BCUT2D eigenvalue weighted by Gasteiger charge is 2.24. The molecule has 0 aliphatic carbocycles. The van der Waals surface area contributed by atoms with E-state index in [0.29, 0.717) is 17.6 Å². The van der Waals surface area contributed by atoms with Crippen LogP contribution in [0.4, 0.5) is 0 Å². The highest BCUT2D eigenvalue weighted by Crippen LogP contribution is 2.19. The lowest BCUT2D eigenvalue weighted by molar-refractivity contribution is 0.0420. The number of rotatable bonds is 6. The maximum absolute atomic E-state index is 10.3. The van der Waals surface area contributed by atoms with Crippen molar-refractivity contribution >= 4 is 0 Å². The molecule has 0 unspecified atom stereocenters. The lowest BCUT2D eigenvalue weighted by Gasteiger charge is -2.34. The van der Waals surface area contributed by atoms with Gasteiger partial charge in [-0.15, -0.1) is 10.2 Å². The van der Waals surface area contributed by atoms with Crippen molar-refractivity contribution < 1.29 is 14.2 Å². The first-order valence-corrected chi connectivity index (χ1v) is 17.4. The molecule has 0 bridgehead atoms. The normalized spacial score (nSPS) is 16.1. The summed E-state index contributed by atoms with van der Waals surface area (Å²) in [5.74, 6) is 2.59. The van der Waals surface area contributed by atoms with Crippen LogP contribution >= 0.6 is 0 Å². The third kappa shape index (κ3) is 17.4. The van der Waals surface area contributed by atoms with Crippen molar-refractivity contribution in [2.45, 2.75) is 138 Å². The Hall–Kier alpha value is -3.01. The monoisotopic (exact) mass is 680 g/mol. The van der Waals surface area contributed by atoms with Crippen molar-refractivity contribution in [1.82, 2.24) is 55.6 Å². The Morgan fingerprint density at radius 1 is 0.729 bits per heavy atom. The Labute approximate surface area is 287 Å². The van der Waals surface area contributed by atoms with Gasteiger partial charge in [0.25, 0.3) is 5.89 Å². The SMILES string of the molecule is CC(C)N1CCCCC1.CC(C)N1CCN(C)CC1.CC(C)c1nn[nH]n1.CC(C)c1noc(=O)[nH]1.CC(C)c1noc(C(C)(C)O)n1. The predicted molar refractivity (Wildman–Crippen MR) is 188 cm³/mol. The van der Waals surface area contributed by atoms with Gasteiger partial charge < -0.3 is 19.4 Å². The summed E-state index contributed by atoms with van der Waals surface area (Å²) in [6.45, 7) is 31.8. The minimum absolute atomic E-state index is 0.219. The second-order valence-electron chi connectivity index (χ2n) is 14.4. The molecular weight excluding hydrogens is 614 g/mol. The maximum atomic E-state index is 10.3. The summed E-state index contributed by atoms with van der Waals surface area (Å²) in [7, 11) is 2.19. The number of aromatic amines is 2.